The van der Waals surface area contributed by atoms with Gasteiger partial charge >= 0.3 is 0 Å². The minimum Gasteiger partial charge on any atom is -0.507 e. The largest absolute Gasteiger partial charge is 0.507 e. The molecule has 2 heterocycles. The Morgan fingerprint density at radius 1 is 0.909 bits per heavy atom. The quantitative estimate of drug-likeness (QED) is 0.588. The third-order valence-electron chi connectivity index (χ3n) is 6.51. The first kappa shape index (κ1) is 21.2. The zero-order valence-corrected chi connectivity index (χ0v) is 18.5. The lowest BCUT2D eigenvalue weighted by molar-refractivity contribution is -0.0624. The van der Waals surface area contributed by atoms with E-state index in [0.29, 0.717) is 17.5 Å². The standard InChI is InChI=1S/C27H27N3O3/c1-30-15-14-27(29-17-20-9-3-6-12-24(20)32)22(18-30)26(21-10-4-7-13-25(21)33-27)28-16-19-8-2-5-11-23(19)31/h2-13,16-17,22,26,31-32H,14-15,18H2,1H3/t22-,26-,27+/m1/s1. The first-order valence-electron chi connectivity index (χ1n) is 11.2. The van der Waals surface area contributed by atoms with Crippen LogP contribution in [-0.2, 0) is 0 Å². The van der Waals surface area contributed by atoms with E-state index in [1.54, 1.807) is 36.7 Å². The van der Waals surface area contributed by atoms with Crippen LogP contribution in [-0.4, -0.2) is 53.4 Å². The minimum atomic E-state index is -0.802. The van der Waals surface area contributed by atoms with E-state index in [4.69, 9.17) is 14.7 Å². The SMILES string of the molecule is CN1CC[C@]2(N=Cc3ccccc3O)Oc3ccccc3[C@@H](N=Cc3ccccc3O)[C@H]2C1. The first-order valence-corrected chi connectivity index (χ1v) is 11.2. The summed E-state index contributed by atoms with van der Waals surface area (Å²) in [6.07, 6.45) is 4.16. The molecule has 0 spiro atoms. The summed E-state index contributed by atoms with van der Waals surface area (Å²) in [6.45, 7) is 1.60. The van der Waals surface area contributed by atoms with Crippen LogP contribution in [0.4, 0.5) is 0 Å². The van der Waals surface area contributed by atoms with Crippen LogP contribution in [0.2, 0.25) is 0 Å². The molecule has 0 radical (unpaired) electrons. The fraction of sp³-hybridized carbons (Fsp3) is 0.259. The average molecular weight is 442 g/mol. The maximum atomic E-state index is 10.2. The maximum absolute atomic E-state index is 10.2. The number of phenolic OH excluding ortho intramolecular Hbond substituents is 2. The molecule has 1 saturated heterocycles. The number of phenols is 2. The van der Waals surface area contributed by atoms with Gasteiger partial charge < -0.3 is 19.8 Å². The minimum absolute atomic E-state index is 0.0460. The maximum Gasteiger partial charge on any atom is 0.207 e. The molecule has 2 N–H and O–H groups in total. The number of hydrogen-bond acceptors (Lipinski definition) is 6. The summed E-state index contributed by atoms with van der Waals surface area (Å²) < 4.78 is 6.61. The number of para-hydroxylation sites is 3. The first-order chi connectivity index (χ1) is 16.1. The van der Waals surface area contributed by atoms with Gasteiger partial charge in [-0.05, 0) is 37.4 Å². The number of aromatic hydroxyl groups is 2. The van der Waals surface area contributed by atoms with Crippen molar-refractivity contribution in [2.75, 3.05) is 20.1 Å². The zero-order valence-electron chi connectivity index (χ0n) is 18.5. The fourth-order valence-corrected chi connectivity index (χ4v) is 4.71. The van der Waals surface area contributed by atoms with E-state index in [1.165, 1.54) is 0 Å². The van der Waals surface area contributed by atoms with Crippen LogP contribution in [0.5, 0.6) is 17.2 Å². The van der Waals surface area contributed by atoms with Gasteiger partial charge in [-0.25, -0.2) is 4.99 Å². The van der Waals surface area contributed by atoms with Crippen LogP contribution < -0.4 is 4.74 Å². The molecule has 168 valence electrons. The number of aliphatic imine (C=N–C) groups is 2. The van der Waals surface area contributed by atoms with Crippen molar-refractivity contribution in [1.82, 2.24) is 4.90 Å². The molecule has 0 bridgehead atoms. The zero-order chi connectivity index (χ0) is 22.8. The lowest BCUT2D eigenvalue weighted by Crippen LogP contribution is -2.57. The highest BCUT2D eigenvalue weighted by Gasteiger charge is 2.52. The Bertz CT molecular complexity index is 1210. The van der Waals surface area contributed by atoms with Gasteiger partial charge in [0.05, 0.1) is 12.0 Å². The van der Waals surface area contributed by atoms with E-state index in [2.05, 4.69) is 11.9 Å². The Hall–Kier alpha value is -3.64. The number of likely N-dealkylation sites (tertiary alicyclic amines) is 1. The van der Waals surface area contributed by atoms with Crippen LogP contribution in [0.1, 0.15) is 29.2 Å². The number of piperidine rings is 1. The molecule has 2 aliphatic rings. The summed E-state index contributed by atoms with van der Waals surface area (Å²) in [5, 5.41) is 20.5. The average Bonchev–Trinajstić information content (AvgIpc) is 2.83. The summed E-state index contributed by atoms with van der Waals surface area (Å²) in [4.78, 5) is 12.2. The summed E-state index contributed by atoms with van der Waals surface area (Å²) in [5.41, 5.74) is 1.54. The van der Waals surface area contributed by atoms with E-state index in [0.717, 1.165) is 24.4 Å². The van der Waals surface area contributed by atoms with Gasteiger partial charge in [-0.1, -0.05) is 42.5 Å². The molecular formula is C27H27N3O3. The molecule has 0 amide bonds. The highest BCUT2D eigenvalue weighted by Crippen LogP contribution is 2.49. The molecule has 6 heteroatoms. The predicted molar refractivity (Wildman–Crippen MR) is 130 cm³/mol. The Kier molecular flexibility index (Phi) is 5.60. The normalized spacial score (nSPS) is 25.0. The molecule has 0 aliphatic carbocycles. The molecule has 5 rings (SSSR count). The molecule has 2 aliphatic heterocycles. The van der Waals surface area contributed by atoms with Crippen molar-refractivity contribution in [2.45, 2.75) is 18.2 Å². The lowest BCUT2D eigenvalue weighted by atomic mass is 9.77. The highest BCUT2D eigenvalue weighted by molar-refractivity contribution is 5.84. The number of nitrogens with zero attached hydrogens (tertiary/aromatic N) is 3. The smallest absolute Gasteiger partial charge is 0.207 e. The second-order valence-corrected chi connectivity index (χ2v) is 8.70. The van der Waals surface area contributed by atoms with Gasteiger partial charge in [0.1, 0.15) is 17.2 Å². The van der Waals surface area contributed by atoms with Gasteiger partial charge in [-0.15, -0.1) is 0 Å². The van der Waals surface area contributed by atoms with Crippen molar-refractivity contribution >= 4 is 12.4 Å². The summed E-state index contributed by atoms with van der Waals surface area (Å²) in [5.74, 6) is 1.11. The fourth-order valence-electron chi connectivity index (χ4n) is 4.71. The number of rotatable bonds is 4. The number of hydrogen-bond donors (Lipinski definition) is 2. The molecule has 0 unspecified atom stereocenters. The van der Waals surface area contributed by atoms with Gasteiger partial charge in [0, 0.05) is 48.6 Å². The summed E-state index contributed by atoms with van der Waals surface area (Å²) in [7, 11) is 2.10. The monoisotopic (exact) mass is 441 g/mol. The van der Waals surface area contributed by atoms with Crippen LogP contribution in [0.25, 0.3) is 0 Å². The van der Waals surface area contributed by atoms with Crippen molar-refractivity contribution in [3.05, 3.63) is 89.5 Å². The highest BCUT2D eigenvalue weighted by atomic mass is 16.5. The lowest BCUT2D eigenvalue weighted by Gasteiger charge is -2.49. The molecule has 3 aromatic rings. The van der Waals surface area contributed by atoms with Gasteiger partial charge in [-0.2, -0.15) is 0 Å². The topological polar surface area (TPSA) is 77.7 Å². The Labute approximate surface area is 193 Å². The van der Waals surface area contributed by atoms with E-state index in [1.807, 2.05) is 48.5 Å². The van der Waals surface area contributed by atoms with Crippen molar-refractivity contribution in [3.63, 3.8) is 0 Å². The van der Waals surface area contributed by atoms with Crippen LogP contribution >= 0.6 is 0 Å². The Morgan fingerprint density at radius 2 is 1.55 bits per heavy atom. The van der Waals surface area contributed by atoms with E-state index in [9.17, 15) is 10.2 Å². The number of fused-ring (bicyclic) bond motifs is 2. The molecule has 0 saturated carbocycles. The van der Waals surface area contributed by atoms with Gasteiger partial charge in [0.25, 0.3) is 0 Å². The predicted octanol–water partition coefficient (Wildman–Crippen LogP) is 4.42. The van der Waals surface area contributed by atoms with E-state index >= 15 is 0 Å². The van der Waals surface area contributed by atoms with Gasteiger partial charge in [-0.3, -0.25) is 4.99 Å². The van der Waals surface area contributed by atoms with Gasteiger partial charge in [0.2, 0.25) is 5.72 Å². The molecule has 3 aromatic carbocycles. The number of ether oxygens (including phenoxy) is 1. The van der Waals surface area contributed by atoms with Crippen molar-refractivity contribution in [3.8, 4) is 17.2 Å². The van der Waals surface area contributed by atoms with Crippen molar-refractivity contribution in [1.29, 1.82) is 0 Å². The Morgan fingerprint density at radius 3 is 2.27 bits per heavy atom. The van der Waals surface area contributed by atoms with Crippen LogP contribution in [0.15, 0.2) is 82.8 Å². The molecule has 33 heavy (non-hydrogen) atoms. The van der Waals surface area contributed by atoms with E-state index < -0.39 is 5.72 Å². The van der Waals surface area contributed by atoms with Crippen LogP contribution in [0.3, 0.4) is 0 Å². The van der Waals surface area contributed by atoms with Crippen LogP contribution in [0, 0.1) is 5.92 Å². The Balaban J connectivity index is 1.59. The third-order valence-corrected chi connectivity index (χ3v) is 6.51. The molecule has 6 nitrogen and oxygen atoms in total. The van der Waals surface area contributed by atoms with Crippen molar-refractivity contribution < 1.29 is 14.9 Å². The number of benzene rings is 3. The van der Waals surface area contributed by atoms with Gasteiger partial charge in [0.15, 0.2) is 0 Å². The molecule has 1 fully saturated rings. The van der Waals surface area contributed by atoms with Crippen molar-refractivity contribution in [2.24, 2.45) is 15.9 Å². The molecular weight excluding hydrogens is 414 g/mol. The second kappa shape index (κ2) is 8.71. The van der Waals surface area contributed by atoms with E-state index in [-0.39, 0.29) is 23.5 Å². The molecule has 0 aromatic heterocycles. The third kappa shape index (κ3) is 4.10. The summed E-state index contributed by atoms with van der Waals surface area (Å²) in [6, 6.07) is 22.1. The summed E-state index contributed by atoms with van der Waals surface area (Å²) >= 11 is 0. The second-order valence-electron chi connectivity index (χ2n) is 8.70. The molecule has 3 atom stereocenters.